The van der Waals surface area contributed by atoms with Gasteiger partial charge in [-0.1, -0.05) is 48.5 Å². The van der Waals surface area contributed by atoms with Crippen molar-refractivity contribution in [1.82, 2.24) is 10.2 Å². The van der Waals surface area contributed by atoms with Gasteiger partial charge in [0.2, 0.25) is 0 Å². The van der Waals surface area contributed by atoms with Crippen LogP contribution in [0.1, 0.15) is 30.3 Å². The lowest BCUT2D eigenvalue weighted by molar-refractivity contribution is 0.464. The zero-order valence-corrected chi connectivity index (χ0v) is 11.3. The predicted octanol–water partition coefficient (Wildman–Crippen LogP) is 4.19. The van der Waals surface area contributed by atoms with Crippen LogP contribution in [0.3, 0.4) is 0 Å². The number of nitrogens with zero attached hydrogens (tertiary/aromatic N) is 2. The summed E-state index contributed by atoms with van der Waals surface area (Å²) in [4.78, 5) is 0. The molecule has 17 heavy (non-hydrogen) atoms. The van der Waals surface area contributed by atoms with Crippen LogP contribution in [0.5, 0.6) is 10.9 Å². The van der Waals surface area contributed by atoms with Crippen LogP contribution in [0.25, 0.3) is 0 Å². The fraction of sp³-hybridized carbons (Fsp3) is 0.333. The monoisotopic (exact) mass is 268 g/mol. The summed E-state index contributed by atoms with van der Waals surface area (Å²) in [6.07, 6.45) is 0. The maximum absolute atomic E-state index is 5.74. The molecule has 0 unspecified atom stereocenters. The van der Waals surface area contributed by atoms with Gasteiger partial charge in [0.05, 0.1) is 5.88 Å². The van der Waals surface area contributed by atoms with Crippen molar-refractivity contribution in [3.8, 4) is 10.9 Å². The van der Waals surface area contributed by atoms with Gasteiger partial charge in [-0.25, -0.2) is 0 Å². The van der Waals surface area contributed by atoms with E-state index >= 15 is 0 Å². The van der Waals surface area contributed by atoms with Crippen LogP contribution in [0.2, 0.25) is 0 Å². The van der Waals surface area contributed by atoms with Crippen molar-refractivity contribution in [2.75, 3.05) is 0 Å². The van der Waals surface area contributed by atoms with Gasteiger partial charge in [-0.05, 0) is 17.5 Å². The third-order valence-electron chi connectivity index (χ3n) is 2.30. The molecule has 2 aromatic rings. The maximum atomic E-state index is 5.74. The molecule has 5 heteroatoms. The summed E-state index contributed by atoms with van der Waals surface area (Å²) in [5.41, 5.74) is 1.16. The lowest BCUT2D eigenvalue weighted by Crippen LogP contribution is -1.93. The molecule has 0 fully saturated rings. The molecule has 1 aromatic carbocycles. The molecule has 0 saturated heterocycles. The molecule has 90 valence electrons. The molecule has 1 aromatic heterocycles. The molecule has 0 atom stereocenters. The fourth-order valence-electron chi connectivity index (χ4n) is 1.48. The highest BCUT2D eigenvalue weighted by molar-refractivity contribution is 7.13. The van der Waals surface area contributed by atoms with Crippen molar-refractivity contribution in [2.45, 2.75) is 25.6 Å². The van der Waals surface area contributed by atoms with E-state index in [0.29, 0.717) is 17.0 Å². The van der Waals surface area contributed by atoms with Gasteiger partial charge < -0.3 is 4.74 Å². The van der Waals surface area contributed by atoms with Crippen molar-refractivity contribution in [2.24, 2.45) is 0 Å². The molecule has 0 aliphatic heterocycles. The molecular formula is C12H13ClN2OS. The largest absolute Gasteiger partial charge is 0.429 e. The maximum Gasteiger partial charge on any atom is 0.299 e. The standard InChI is InChI=1S/C12H13ClN2OS/c1-8(2)9-5-3-4-6-10(9)16-12-15-14-11(7-13)17-12/h3-6,8H,7H2,1-2H3. The third kappa shape index (κ3) is 2.96. The first-order valence-electron chi connectivity index (χ1n) is 5.36. The lowest BCUT2D eigenvalue weighted by Gasteiger charge is -2.10. The Bertz CT molecular complexity index is 499. The van der Waals surface area contributed by atoms with Crippen LogP contribution in [0.4, 0.5) is 0 Å². The number of rotatable bonds is 4. The SMILES string of the molecule is CC(C)c1ccccc1Oc1nnc(CCl)s1. The fourth-order valence-corrected chi connectivity index (χ4v) is 2.25. The molecule has 0 spiro atoms. The number of aromatic nitrogens is 2. The van der Waals surface area contributed by atoms with Crippen molar-refractivity contribution in [3.63, 3.8) is 0 Å². The number of halogens is 1. The van der Waals surface area contributed by atoms with Crippen molar-refractivity contribution in [3.05, 3.63) is 34.8 Å². The number of hydrogen-bond donors (Lipinski definition) is 0. The molecular weight excluding hydrogens is 256 g/mol. The van der Waals surface area contributed by atoms with E-state index in [2.05, 4.69) is 30.1 Å². The Morgan fingerprint density at radius 1 is 1.29 bits per heavy atom. The Morgan fingerprint density at radius 2 is 2.06 bits per heavy atom. The van der Waals surface area contributed by atoms with E-state index in [9.17, 15) is 0 Å². The van der Waals surface area contributed by atoms with Gasteiger partial charge in [-0.3, -0.25) is 0 Å². The molecule has 2 rings (SSSR count). The lowest BCUT2D eigenvalue weighted by atomic mass is 10.0. The van der Waals surface area contributed by atoms with E-state index in [0.717, 1.165) is 16.3 Å². The van der Waals surface area contributed by atoms with Gasteiger partial charge in [0, 0.05) is 0 Å². The molecule has 0 N–H and O–H groups in total. The van der Waals surface area contributed by atoms with Gasteiger partial charge in [-0.2, -0.15) is 0 Å². The van der Waals surface area contributed by atoms with Gasteiger partial charge in [0.1, 0.15) is 10.8 Å². The summed E-state index contributed by atoms with van der Waals surface area (Å²) in [6, 6.07) is 7.96. The van der Waals surface area contributed by atoms with Crippen molar-refractivity contribution >= 4 is 22.9 Å². The first-order chi connectivity index (χ1) is 8.20. The van der Waals surface area contributed by atoms with Crippen LogP contribution >= 0.6 is 22.9 Å². The Hall–Kier alpha value is -1.13. The summed E-state index contributed by atoms with van der Waals surface area (Å²) >= 11 is 7.05. The quantitative estimate of drug-likeness (QED) is 0.780. The summed E-state index contributed by atoms with van der Waals surface area (Å²) in [5, 5.41) is 9.16. The van der Waals surface area contributed by atoms with Crippen LogP contribution in [-0.4, -0.2) is 10.2 Å². The van der Waals surface area contributed by atoms with Crippen molar-refractivity contribution < 1.29 is 4.74 Å². The Labute approximate surface area is 109 Å². The average Bonchev–Trinajstić information content (AvgIpc) is 2.77. The highest BCUT2D eigenvalue weighted by Gasteiger charge is 2.10. The van der Waals surface area contributed by atoms with Crippen LogP contribution in [0, 0.1) is 0 Å². The summed E-state index contributed by atoms with van der Waals surface area (Å²) in [7, 11) is 0. The number of alkyl halides is 1. The molecule has 0 aliphatic rings. The molecule has 0 bridgehead atoms. The minimum Gasteiger partial charge on any atom is -0.429 e. The minimum absolute atomic E-state index is 0.368. The van der Waals surface area contributed by atoms with Gasteiger partial charge in [0.15, 0.2) is 0 Å². The number of ether oxygens (including phenoxy) is 1. The highest BCUT2D eigenvalue weighted by Crippen LogP contribution is 2.31. The minimum atomic E-state index is 0.368. The number of para-hydroxylation sites is 1. The predicted molar refractivity (Wildman–Crippen MR) is 70.1 cm³/mol. The van der Waals surface area contributed by atoms with Crippen LogP contribution < -0.4 is 4.74 Å². The zero-order valence-electron chi connectivity index (χ0n) is 9.68. The zero-order chi connectivity index (χ0) is 12.3. The smallest absolute Gasteiger partial charge is 0.299 e. The molecule has 3 nitrogen and oxygen atoms in total. The first-order valence-corrected chi connectivity index (χ1v) is 6.71. The average molecular weight is 269 g/mol. The summed E-state index contributed by atoms with van der Waals surface area (Å²) < 4.78 is 5.74. The second kappa shape index (κ2) is 5.47. The van der Waals surface area contributed by atoms with Crippen LogP contribution in [-0.2, 0) is 5.88 Å². The van der Waals surface area contributed by atoms with E-state index in [4.69, 9.17) is 16.3 Å². The second-order valence-electron chi connectivity index (χ2n) is 3.89. The highest BCUT2D eigenvalue weighted by atomic mass is 35.5. The van der Waals surface area contributed by atoms with Crippen LogP contribution in [0.15, 0.2) is 24.3 Å². The van der Waals surface area contributed by atoms with Gasteiger partial charge >= 0.3 is 0 Å². The Kier molecular flexibility index (Phi) is 3.97. The molecule has 0 aliphatic carbocycles. The molecule has 1 heterocycles. The number of hydrogen-bond acceptors (Lipinski definition) is 4. The third-order valence-corrected chi connectivity index (χ3v) is 3.51. The van der Waals surface area contributed by atoms with Crippen molar-refractivity contribution in [1.29, 1.82) is 0 Å². The second-order valence-corrected chi connectivity index (χ2v) is 5.18. The summed E-state index contributed by atoms with van der Waals surface area (Å²) in [5.74, 6) is 1.61. The van der Waals surface area contributed by atoms with E-state index < -0.39 is 0 Å². The number of benzene rings is 1. The van der Waals surface area contributed by atoms with Gasteiger partial charge in [-0.15, -0.1) is 16.7 Å². The van der Waals surface area contributed by atoms with E-state index in [-0.39, 0.29) is 0 Å². The van der Waals surface area contributed by atoms with E-state index in [1.54, 1.807) is 0 Å². The molecule has 0 amide bonds. The summed E-state index contributed by atoms with van der Waals surface area (Å²) in [6.45, 7) is 4.26. The van der Waals surface area contributed by atoms with E-state index in [1.165, 1.54) is 11.3 Å². The normalized spacial score (nSPS) is 10.8. The molecule has 0 saturated carbocycles. The van der Waals surface area contributed by atoms with Gasteiger partial charge in [0.25, 0.3) is 5.19 Å². The first kappa shape index (κ1) is 12.3. The Balaban J connectivity index is 2.23. The topological polar surface area (TPSA) is 35.0 Å². The molecule has 0 radical (unpaired) electrons. The van der Waals surface area contributed by atoms with E-state index in [1.807, 2.05) is 18.2 Å². The Morgan fingerprint density at radius 3 is 2.71 bits per heavy atom.